The first-order valence-electron chi connectivity index (χ1n) is 5.94. The maximum atomic E-state index is 10.9. The predicted molar refractivity (Wildman–Crippen MR) is 71.9 cm³/mol. The van der Waals surface area contributed by atoms with Crippen LogP contribution in [-0.4, -0.2) is 24.6 Å². The highest BCUT2D eigenvalue weighted by molar-refractivity contribution is 9.10. The van der Waals surface area contributed by atoms with Crippen molar-refractivity contribution in [3.8, 4) is 5.75 Å². The molecule has 0 saturated carbocycles. The Kier molecular flexibility index (Phi) is 4.54. The molecular weight excluding hydrogens is 300 g/mol. The lowest BCUT2D eigenvalue weighted by Crippen LogP contribution is -2.30. The number of nitrogens with one attached hydrogen (secondary N) is 1. The van der Waals surface area contributed by atoms with Crippen molar-refractivity contribution in [3.05, 3.63) is 32.8 Å². The van der Waals surface area contributed by atoms with Crippen molar-refractivity contribution in [3.63, 3.8) is 0 Å². The summed E-state index contributed by atoms with van der Waals surface area (Å²) in [6.45, 7) is 2.54. The molecule has 0 aromatic heterocycles. The molecule has 98 valence electrons. The summed E-state index contributed by atoms with van der Waals surface area (Å²) >= 11 is 3.22. The van der Waals surface area contributed by atoms with Gasteiger partial charge in [0.05, 0.1) is 11.5 Å². The summed E-state index contributed by atoms with van der Waals surface area (Å²) in [7, 11) is 0. The van der Waals surface area contributed by atoms with Crippen LogP contribution in [0.25, 0.3) is 0 Å². The maximum absolute atomic E-state index is 10.9. The van der Waals surface area contributed by atoms with Gasteiger partial charge in [0.2, 0.25) is 0 Å². The number of halogens is 1. The van der Waals surface area contributed by atoms with Crippen molar-refractivity contribution >= 4 is 21.6 Å². The molecule has 2 rings (SSSR count). The lowest BCUT2D eigenvalue weighted by Gasteiger charge is -2.22. The van der Waals surface area contributed by atoms with Crippen LogP contribution < -0.4 is 10.1 Å². The van der Waals surface area contributed by atoms with E-state index in [-0.39, 0.29) is 5.69 Å². The zero-order valence-electron chi connectivity index (χ0n) is 9.89. The highest BCUT2D eigenvalue weighted by atomic mass is 79.9. The standard InChI is InChI=1S/C12H15BrN2O3/c13-10-1-2-12(11(7-10)15(16)17)18-8-9-3-5-14-6-4-9/h1-2,7,9,14H,3-6,8H2. The molecule has 1 N–H and O–H groups in total. The molecular formula is C12H15BrN2O3. The van der Waals surface area contributed by atoms with Gasteiger partial charge in [0.15, 0.2) is 5.75 Å². The van der Waals surface area contributed by atoms with Crippen molar-refractivity contribution < 1.29 is 9.66 Å². The number of hydrogen-bond acceptors (Lipinski definition) is 4. The lowest BCUT2D eigenvalue weighted by molar-refractivity contribution is -0.386. The molecule has 1 fully saturated rings. The Morgan fingerprint density at radius 3 is 2.83 bits per heavy atom. The Morgan fingerprint density at radius 2 is 2.17 bits per heavy atom. The quantitative estimate of drug-likeness (QED) is 0.685. The van der Waals surface area contributed by atoms with E-state index in [0.29, 0.717) is 22.7 Å². The summed E-state index contributed by atoms with van der Waals surface area (Å²) in [6, 6.07) is 4.87. The summed E-state index contributed by atoms with van der Waals surface area (Å²) in [5, 5.41) is 14.2. The Labute approximate surface area is 114 Å². The number of hydrogen-bond donors (Lipinski definition) is 1. The zero-order chi connectivity index (χ0) is 13.0. The van der Waals surface area contributed by atoms with Gasteiger partial charge in [0, 0.05) is 10.5 Å². The predicted octanol–water partition coefficient (Wildman–Crippen LogP) is 2.74. The summed E-state index contributed by atoms with van der Waals surface area (Å²) in [4.78, 5) is 10.5. The topological polar surface area (TPSA) is 64.4 Å². The second kappa shape index (κ2) is 6.15. The molecule has 0 spiro atoms. The van der Waals surface area contributed by atoms with E-state index in [1.165, 1.54) is 6.07 Å². The van der Waals surface area contributed by atoms with E-state index in [1.54, 1.807) is 12.1 Å². The number of nitro groups is 1. The fourth-order valence-electron chi connectivity index (χ4n) is 2.01. The van der Waals surface area contributed by atoms with E-state index in [9.17, 15) is 10.1 Å². The first-order chi connectivity index (χ1) is 8.66. The van der Waals surface area contributed by atoms with E-state index in [1.807, 2.05) is 0 Å². The number of ether oxygens (including phenoxy) is 1. The van der Waals surface area contributed by atoms with Gasteiger partial charge in [-0.05, 0) is 44.0 Å². The van der Waals surface area contributed by atoms with Gasteiger partial charge in [-0.1, -0.05) is 15.9 Å². The Morgan fingerprint density at radius 1 is 1.44 bits per heavy atom. The molecule has 0 unspecified atom stereocenters. The smallest absolute Gasteiger partial charge is 0.312 e. The van der Waals surface area contributed by atoms with E-state index < -0.39 is 4.92 Å². The van der Waals surface area contributed by atoms with Gasteiger partial charge in [-0.25, -0.2) is 0 Å². The molecule has 0 radical (unpaired) electrons. The second-order valence-electron chi connectivity index (χ2n) is 4.37. The van der Waals surface area contributed by atoms with E-state index in [0.717, 1.165) is 25.9 Å². The van der Waals surface area contributed by atoms with Crippen LogP contribution in [0.1, 0.15) is 12.8 Å². The van der Waals surface area contributed by atoms with Gasteiger partial charge in [-0.15, -0.1) is 0 Å². The van der Waals surface area contributed by atoms with Crippen LogP contribution in [0.2, 0.25) is 0 Å². The molecule has 1 aliphatic rings. The van der Waals surface area contributed by atoms with Crippen LogP contribution in [0.4, 0.5) is 5.69 Å². The molecule has 1 heterocycles. The Hall–Kier alpha value is -1.14. The van der Waals surface area contributed by atoms with Crippen molar-refractivity contribution in [2.24, 2.45) is 5.92 Å². The summed E-state index contributed by atoms with van der Waals surface area (Å²) in [5.74, 6) is 0.830. The third-order valence-corrected chi connectivity index (χ3v) is 3.54. The third kappa shape index (κ3) is 3.43. The fourth-order valence-corrected chi connectivity index (χ4v) is 2.36. The molecule has 1 saturated heterocycles. The molecule has 0 aliphatic carbocycles. The van der Waals surface area contributed by atoms with Gasteiger partial charge in [0.1, 0.15) is 0 Å². The van der Waals surface area contributed by atoms with Gasteiger partial charge in [0.25, 0.3) is 0 Å². The minimum atomic E-state index is -0.414. The van der Waals surface area contributed by atoms with Crippen LogP contribution in [0.15, 0.2) is 22.7 Å². The number of nitro benzene ring substituents is 1. The lowest BCUT2D eigenvalue weighted by atomic mass is 9.99. The summed E-state index contributed by atoms with van der Waals surface area (Å²) in [6.07, 6.45) is 2.12. The molecule has 18 heavy (non-hydrogen) atoms. The first-order valence-corrected chi connectivity index (χ1v) is 6.73. The van der Waals surface area contributed by atoms with E-state index in [4.69, 9.17) is 4.74 Å². The van der Waals surface area contributed by atoms with Crippen LogP contribution >= 0.6 is 15.9 Å². The van der Waals surface area contributed by atoms with Gasteiger partial charge >= 0.3 is 5.69 Å². The molecule has 0 bridgehead atoms. The van der Waals surface area contributed by atoms with E-state index in [2.05, 4.69) is 21.2 Å². The van der Waals surface area contributed by atoms with Crippen molar-refractivity contribution in [1.82, 2.24) is 5.32 Å². The van der Waals surface area contributed by atoms with Crippen molar-refractivity contribution in [2.75, 3.05) is 19.7 Å². The van der Waals surface area contributed by atoms with Crippen LogP contribution in [0, 0.1) is 16.0 Å². The van der Waals surface area contributed by atoms with Crippen LogP contribution in [-0.2, 0) is 0 Å². The normalized spacial score (nSPS) is 16.5. The van der Waals surface area contributed by atoms with Gasteiger partial charge < -0.3 is 10.1 Å². The minimum Gasteiger partial charge on any atom is -0.487 e. The Balaban J connectivity index is 2.01. The average Bonchev–Trinajstić information content (AvgIpc) is 2.38. The molecule has 1 aromatic rings. The second-order valence-corrected chi connectivity index (χ2v) is 5.29. The number of nitrogens with zero attached hydrogens (tertiary/aromatic N) is 1. The highest BCUT2D eigenvalue weighted by Crippen LogP contribution is 2.30. The molecule has 1 aromatic carbocycles. The average molecular weight is 315 g/mol. The van der Waals surface area contributed by atoms with Crippen molar-refractivity contribution in [1.29, 1.82) is 0 Å². The molecule has 0 atom stereocenters. The third-order valence-electron chi connectivity index (χ3n) is 3.05. The molecule has 1 aliphatic heterocycles. The van der Waals surface area contributed by atoms with E-state index >= 15 is 0 Å². The fraction of sp³-hybridized carbons (Fsp3) is 0.500. The monoisotopic (exact) mass is 314 g/mol. The number of rotatable bonds is 4. The maximum Gasteiger partial charge on any atom is 0.312 e. The van der Waals surface area contributed by atoms with Gasteiger partial charge in [-0.3, -0.25) is 10.1 Å². The molecule has 6 heteroatoms. The number of benzene rings is 1. The van der Waals surface area contributed by atoms with Crippen LogP contribution in [0.3, 0.4) is 0 Å². The first kappa shape index (κ1) is 13.3. The Bertz CT molecular complexity index is 433. The molecule has 0 amide bonds. The van der Waals surface area contributed by atoms with Gasteiger partial charge in [-0.2, -0.15) is 0 Å². The summed E-state index contributed by atoms with van der Waals surface area (Å²) in [5.41, 5.74) is 0.0123. The number of piperidine rings is 1. The minimum absolute atomic E-state index is 0.0123. The SMILES string of the molecule is O=[N+]([O-])c1cc(Br)ccc1OCC1CCNCC1. The largest absolute Gasteiger partial charge is 0.487 e. The zero-order valence-corrected chi connectivity index (χ0v) is 11.5. The molecule has 5 nitrogen and oxygen atoms in total. The summed E-state index contributed by atoms with van der Waals surface area (Å²) < 4.78 is 6.29. The highest BCUT2D eigenvalue weighted by Gasteiger charge is 2.18. The van der Waals surface area contributed by atoms with Crippen molar-refractivity contribution in [2.45, 2.75) is 12.8 Å². The van der Waals surface area contributed by atoms with Crippen LogP contribution in [0.5, 0.6) is 5.75 Å².